The van der Waals surface area contributed by atoms with Gasteiger partial charge in [0.2, 0.25) is 10.0 Å². The molecule has 1 aromatic rings. The molecule has 0 spiro atoms. The lowest BCUT2D eigenvalue weighted by atomic mass is 10.1. The van der Waals surface area contributed by atoms with Crippen LogP contribution >= 0.6 is 27.3 Å². The van der Waals surface area contributed by atoms with E-state index in [1.165, 1.54) is 28.5 Å². The van der Waals surface area contributed by atoms with Crippen LogP contribution in [-0.4, -0.2) is 30.9 Å². The molecule has 4 nitrogen and oxygen atoms in total. The zero-order valence-electron chi connectivity index (χ0n) is 11.5. The molecule has 0 bridgehead atoms. The maximum Gasteiger partial charge on any atom is 0.245 e. The van der Waals surface area contributed by atoms with Crippen molar-refractivity contribution in [3.8, 4) is 0 Å². The molecule has 1 aliphatic rings. The van der Waals surface area contributed by atoms with E-state index in [0.29, 0.717) is 8.66 Å². The summed E-state index contributed by atoms with van der Waals surface area (Å²) < 4.78 is 27.5. The van der Waals surface area contributed by atoms with Gasteiger partial charge in [-0.15, -0.1) is 11.3 Å². The molecule has 0 amide bonds. The molecule has 1 saturated carbocycles. The summed E-state index contributed by atoms with van der Waals surface area (Å²) in [5, 5.41) is 9.15. The summed E-state index contributed by atoms with van der Waals surface area (Å²) in [6.45, 7) is -0.133. The van der Waals surface area contributed by atoms with Gasteiger partial charge in [0.1, 0.15) is 4.90 Å². The Bertz CT molecular complexity index is 548. The van der Waals surface area contributed by atoms with Crippen molar-refractivity contribution in [1.82, 2.24) is 4.31 Å². The van der Waals surface area contributed by atoms with Crippen LogP contribution < -0.4 is 0 Å². The Labute approximate surface area is 133 Å². The van der Waals surface area contributed by atoms with E-state index >= 15 is 0 Å². The topological polar surface area (TPSA) is 57.6 Å². The van der Waals surface area contributed by atoms with Gasteiger partial charge in [0, 0.05) is 18.0 Å². The molecule has 2 rings (SSSR count). The number of sulfonamides is 1. The standard InChI is InChI=1S/C13H20BrNO3S2/c1-15(10-6-4-2-3-5-7-10)20(17,18)12-8-11(9-16)19-13(12)14/h8,10,16H,2-7,9H2,1H3. The minimum absolute atomic E-state index is 0.0897. The SMILES string of the molecule is CN(C1CCCCCC1)S(=O)(=O)c1cc(CO)sc1Br. The van der Waals surface area contributed by atoms with E-state index < -0.39 is 10.0 Å². The van der Waals surface area contributed by atoms with E-state index in [2.05, 4.69) is 15.9 Å². The predicted octanol–water partition coefficient (Wildman–Crippen LogP) is 3.35. The average Bonchev–Trinajstić information content (AvgIpc) is 2.64. The summed E-state index contributed by atoms with van der Waals surface area (Å²) in [5.41, 5.74) is 0. The van der Waals surface area contributed by atoms with Gasteiger partial charge >= 0.3 is 0 Å². The van der Waals surface area contributed by atoms with Crippen molar-refractivity contribution in [2.24, 2.45) is 0 Å². The third-order valence-electron chi connectivity index (χ3n) is 3.86. The van der Waals surface area contributed by atoms with Crippen molar-refractivity contribution in [1.29, 1.82) is 0 Å². The number of aliphatic hydroxyl groups is 1. The highest BCUT2D eigenvalue weighted by molar-refractivity contribution is 9.11. The van der Waals surface area contributed by atoms with Crippen molar-refractivity contribution in [2.75, 3.05) is 7.05 Å². The molecule has 20 heavy (non-hydrogen) atoms. The first-order valence-corrected chi connectivity index (χ1v) is 9.89. The molecular weight excluding hydrogens is 362 g/mol. The van der Waals surface area contributed by atoms with Gasteiger partial charge in [-0.2, -0.15) is 4.31 Å². The second-order valence-electron chi connectivity index (χ2n) is 5.18. The normalized spacial score (nSPS) is 18.4. The first-order valence-electron chi connectivity index (χ1n) is 6.84. The number of aliphatic hydroxyl groups excluding tert-OH is 1. The Morgan fingerprint density at radius 1 is 1.35 bits per heavy atom. The van der Waals surface area contributed by atoms with Gasteiger partial charge in [0.15, 0.2) is 0 Å². The highest BCUT2D eigenvalue weighted by Crippen LogP contribution is 2.35. The molecule has 0 unspecified atom stereocenters. The Morgan fingerprint density at radius 2 is 1.95 bits per heavy atom. The number of hydrogen-bond acceptors (Lipinski definition) is 4. The van der Waals surface area contributed by atoms with Crippen LogP contribution in [0, 0.1) is 0 Å². The van der Waals surface area contributed by atoms with E-state index in [0.717, 1.165) is 25.7 Å². The van der Waals surface area contributed by atoms with Crippen LogP contribution in [0.2, 0.25) is 0 Å². The van der Waals surface area contributed by atoms with Crippen LogP contribution in [0.4, 0.5) is 0 Å². The van der Waals surface area contributed by atoms with Crippen LogP contribution in [-0.2, 0) is 16.6 Å². The lowest BCUT2D eigenvalue weighted by Crippen LogP contribution is -2.36. The zero-order chi connectivity index (χ0) is 14.8. The van der Waals surface area contributed by atoms with E-state index in [-0.39, 0.29) is 17.5 Å². The van der Waals surface area contributed by atoms with Crippen molar-refractivity contribution in [3.63, 3.8) is 0 Å². The molecular formula is C13H20BrNO3S2. The summed E-state index contributed by atoms with van der Waals surface area (Å²) in [5.74, 6) is 0. The van der Waals surface area contributed by atoms with Gasteiger partial charge in [-0.05, 0) is 34.8 Å². The summed E-state index contributed by atoms with van der Waals surface area (Å²) in [4.78, 5) is 0.933. The molecule has 0 aromatic carbocycles. The molecule has 1 aliphatic carbocycles. The molecule has 0 atom stereocenters. The monoisotopic (exact) mass is 381 g/mol. The maximum absolute atomic E-state index is 12.7. The van der Waals surface area contributed by atoms with Crippen LogP contribution in [0.3, 0.4) is 0 Å². The molecule has 1 fully saturated rings. The van der Waals surface area contributed by atoms with Crippen LogP contribution in [0.15, 0.2) is 14.7 Å². The predicted molar refractivity (Wildman–Crippen MR) is 84.4 cm³/mol. The van der Waals surface area contributed by atoms with Gasteiger partial charge in [-0.1, -0.05) is 25.7 Å². The largest absolute Gasteiger partial charge is 0.391 e. The van der Waals surface area contributed by atoms with Crippen molar-refractivity contribution in [2.45, 2.75) is 56.1 Å². The number of halogens is 1. The van der Waals surface area contributed by atoms with E-state index in [4.69, 9.17) is 5.11 Å². The average molecular weight is 382 g/mol. The fourth-order valence-electron chi connectivity index (χ4n) is 2.62. The van der Waals surface area contributed by atoms with E-state index in [1.54, 1.807) is 13.1 Å². The van der Waals surface area contributed by atoms with Gasteiger partial charge in [-0.25, -0.2) is 8.42 Å². The molecule has 0 aliphatic heterocycles. The van der Waals surface area contributed by atoms with Crippen molar-refractivity contribution >= 4 is 37.3 Å². The first kappa shape index (κ1) is 16.4. The van der Waals surface area contributed by atoms with Crippen molar-refractivity contribution in [3.05, 3.63) is 14.7 Å². The molecule has 1 aromatic heterocycles. The number of hydrogen-bond donors (Lipinski definition) is 1. The number of nitrogens with zero attached hydrogens (tertiary/aromatic N) is 1. The zero-order valence-corrected chi connectivity index (χ0v) is 14.7. The quantitative estimate of drug-likeness (QED) is 0.813. The maximum atomic E-state index is 12.7. The number of rotatable bonds is 4. The van der Waals surface area contributed by atoms with Crippen LogP contribution in [0.25, 0.3) is 0 Å². The molecule has 1 heterocycles. The van der Waals surface area contributed by atoms with Crippen LogP contribution in [0.1, 0.15) is 43.4 Å². The molecule has 114 valence electrons. The Kier molecular flexibility index (Phi) is 5.64. The lowest BCUT2D eigenvalue weighted by molar-refractivity contribution is 0.285. The van der Waals surface area contributed by atoms with Crippen molar-refractivity contribution < 1.29 is 13.5 Å². The van der Waals surface area contributed by atoms with Crippen LogP contribution in [0.5, 0.6) is 0 Å². The lowest BCUT2D eigenvalue weighted by Gasteiger charge is -2.26. The molecule has 7 heteroatoms. The highest BCUT2D eigenvalue weighted by Gasteiger charge is 2.31. The number of thiophene rings is 1. The molecule has 0 radical (unpaired) electrons. The van der Waals surface area contributed by atoms with Gasteiger partial charge in [0.25, 0.3) is 0 Å². The first-order chi connectivity index (χ1) is 9.46. The summed E-state index contributed by atoms with van der Waals surface area (Å²) in [6, 6.07) is 1.66. The van der Waals surface area contributed by atoms with E-state index in [9.17, 15) is 8.42 Å². The minimum atomic E-state index is -3.49. The second kappa shape index (κ2) is 6.87. The molecule has 0 saturated heterocycles. The molecule has 1 N–H and O–H groups in total. The smallest absolute Gasteiger partial charge is 0.245 e. The van der Waals surface area contributed by atoms with Gasteiger partial charge in [-0.3, -0.25) is 0 Å². The second-order valence-corrected chi connectivity index (χ2v) is 9.60. The fourth-order valence-corrected chi connectivity index (χ4v) is 6.53. The highest BCUT2D eigenvalue weighted by atomic mass is 79.9. The third kappa shape index (κ3) is 3.44. The summed E-state index contributed by atoms with van der Waals surface area (Å²) in [6.07, 6.45) is 6.45. The summed E-state index contributed by atoms with van der Waals surface area (Å²) in [7, 11) is -1.81. The summed E-state index contributed by atoms with van der Waals surface area (Å²) >= 11 is 4.57. The van der Waals surface area contributed by atoms with Gasteiger partial charge in [0.05, 0.1) is 10.4 Å². The van der Waals surface area contributed by atoms with E-state index in [1.807, 2.05) is 0 Å². The minimum Gasteiger partial charge on any atom is -0.391 e. The third-order valence-corrected chi connectivity index (χ3v) is 8.01. The Balaban J connectivity index is 2.25. The fraction of sp³-hybridized carbons (Fsp3) is 0.692. The Hall–Kier alpha value is 0.0500. The Morgan fingerprint density at radius 3 is 2.45 bits per heavy atom. The van der Waals surface area contributed by atoms with Gasteiger partial charge < -0.3 is 5.11 Å².